The lowest BCUT2D eigenvalue weighted by Gasteiger charge is -2.34. The average molecular weight is 455 g/mol. The Bertz CT molecular complexity index is 1120. The van der Waals surface area contributed by atoms with Gasteiger partial charge in [0.2, 0.25) is 10.0 Å². The lowest BCUT2D eigenvalue weighted by Crippen LogP contribution is -2.50. The van der Waals surface area contributed by atoms with Gasteiger partial charge in [0.05, 0.1) is 5.75 Å². The van der Waals surface area contributed by atoms with Gasteiger partial charge >= 0.3 is 0 Å². The van der Waals surface area contributed by atoms with Crippen molar-refractivity contribution in [2.75, 3.05) is 48.8 Å². The van der Waals surface area contributed by atoms with Gasteiger partial charge in [0.25, 0.3) is 0 Å². The number of para-hydroxylation sites is 1. The molecule has 168 valence electrons. The average Bonchev–Trinajstić information content (AvgIpc) is 2.80. The molecule has 1 aliphatic rings. The Morgan fingerprint density at radius 1 is 0.969 bits per heavy atom. The van der Waals surface area contributed by atoms with Crippen LogP contribution in [0.1, 0.15) is 5.56 Å². The summed E-state index contributed by atoms with van der Waals surface area (Å²) in [6, 6.07) is 16.8. The van der Waals surface area contributed by atoms with Crippen LogP contribution in [0.15, 0.2) is 60.8 Å². The van der Waals surface area contributed by atoms with Crippen molar-refractivity contribution in [3.63, 3.8) is 0 Å². The van der Waals surface area contributed by atoms with Crippen molar-refractivity contribution in [1.82, 2.24) is 19.5 Å². The molecule has 0 saturated carbocycles. The second kappa shape index (κ2) is 9.92. The summed E-state index contributed by atoms with van der Waals surface area (Å²) in [5, 5.41) is 11.6. The Balaban J connectivity index is 1.27. The van der Waals surface area contributed by atoms with Gasteiger partial charge in [-0.3, -0.25) is 0 Å². The van der Waals surface area contributed by atoms with E-state index in [1.165, 1.54) is 4.31 Å². The molecule has 10 heteroatoms. The van der Waals surface area contributed by atoms with E-state index in [4.69, 9.17) is 4.74 Å². The molecule has 1 aromatic carbocycles. The largest absolute Gasteiger partial charge is 0.492 e. The summed E-state index contributed by atoms with van der Waals surface area (Å²) in [5.41, 5.74) is 1.10. The van der Waals surface area contributed by atoms with Gasteiger partial charge in [-0.2, -0.15) is 4.31 Å². The first-order valence-corrected chi connectivity index (χ1v) is 12.0. The van der Waals surface area contributed by atoms with Crippen molar-refractivity contribution >= 4 is 27.5 Å². The molecule has 1 fully saturated rings. The van der Waals surface area contributed by atoms with Crippen LogP contribution in [-0.4, -0.2) is 66.4 Å². The fourth-order valence-electron chi connectivity index (χ4n) is 3.40. The number of aromatic nitrogens is 3. The number of pyridine rings is 1. The van der Waals surface area contributed by atoms with E-state index in [0.717, 1.165) is 11.4 Å². The van der Waals surface area contributed by atoms with E-state index in [1.54, 1.807) is 6.20 Å². The zero-order valence-corrected chi connectivity index (χ0v) is 18.7. The number of rotatable bonds is 8. The van der Waals surface area contributed by atoms with Gasteiger partial charge in [0.1, 0.15) is 18.2 Å². The number of nitrogens with zero attached hydrogens (tertiary/aromatic N) is 5. The first-order valence-electron chi connectivity index (χ1n) is 10.4. The third-order valence-electron chi connectivity index (χ3n) is 5.13. The number of ether oxygens (including phenoxy) is 1. The quantitative estimate of drug-likeness (QED) is 0.554. The molecule has 3 heterocycles. The summed E-state index contributed by atoms with van der Waals surface area (Å²) in [6.07, 6.45) is 1.74. The molecule has 1 aliphatic heterocycles. The number of hydrogen-bond acceptors (Lipinski definition) is 8. The predicted molar refractivity (Wildman–Crippen MR) is 124 cm³/mol. The number of hydrogen-bond donors (Lipinski definition) is 1. The normalized spacial score (nSPS) is 14.8. The SMILES string of the molecule is Cc1ccnc(Nc2ccc(N3CCN(S(=O)(=O)CCOc4ccccc4)CC3)nn2)c1. The fourth-order valence-corrected chi connectivity index (χ4v) is 4.67. The molecule has 2 aromatic heterocycles. The van der Waals surface area contributed by atoms with Gasteiger partial charge in [-0.05, 0) is 48.9 Å². The molecule has 1 saturated heterocycles. The molecule has 9 nitrogen and oxygen atoms in total. The van der Waals surface area contributed by atoms with E-state index in [2.05, 4.69) is 20.5 Å². The van der Waals surface area contributed by atoms with Crippen molar-refractivity contribution in [2.45, 2.75) is 6.92 Å². The molecule has 0 atom stereocenters. The minimum atomic E-state index is -3.38. The molecule has 0 aliphatic carbocycles. The van der Waals surface area contributed by atoms with E-state index in [9.17, 15) is 8.42 Å². The topological polar surface area (TPSA) is 101 Å². The summed E-state index contributed by atoms with van der Waals surface area (Å²) in [6.45, 7) is 4.05. The standard InChI is InChI=1S/C22H26N6O3S/c1-18-9-10-23-21(17-18)24-20-7-8-22(26-25-20)27-11-13-28(14-12-27)32(29,30)16-15-31-19-5-3-2-4-6-19/h2-10,17H,11-16H2,1H3,(H,23,24,25). The highest BCUT2D eigenvalue weighted by atomic mass is 32.2. The second-order valence-electron chi connectivity index (χ2n) is 7.48. The van der Waals surface area contributed by atoms with Crippen LogP contribution in [0.4, 0.5) is 17.5 Å². The predicted octanol–water partition coefficient (Wildman–Crippen LogP) is 2.45. The first kappa shape index (κ1) is 22.0. The monoisotopic (exact) mass is 454 g/mol. The van der Waals surface area contributed by atoms with Crippen LogP contribution >= 0.6 is 0 Å². The van der Waals surface area contributed by atoms with Crippen LogP contribution in [0.2, 0.25) is 0 Å². The maximum Gasteiger partial charge on any atom is 0.217 e. The van der Waals surface area contributed by atoms with Crippen LogP contribution in [0.5, 0.6) is 5.75 Å². The Morgan fingerprint density at radius 2 is 1.75 bits per heavy atom. The van der Waals surface area contributed by atoms with Crippen LogP contribution in [0.25, 0.3) is 0 Å². The van der Waals surface area contributed by atoms with Gasteiger partial charge in [0.15, 0.2) is 11.6 Å². The van der Waals surface area contributed by atoms with Crippen molar-refractivity contribution in [3.8, 4) is 5.75 Å². The molecule has 4 rings (SSSR count). The third kappa shape index (κ3) is 5.71. The zero-order chi connectivity index (χ0) is 22.4. The minimum absolute atomic E-state index is 0.0466. The smallest absolute Gasteiger partial charge is 0.217 e. The number of sulfonamides is 1. The van der Waals surface area contributed by atoms with Crippen molar-refractivity contribution in [3.05, 3.63) is 66.4 Å². The number of anilines is 3. The second-order valence-corrected chi connectivity index (χ2v) is 9.57. The fraction of sp³-hybridized carbons (Fsp3) is 0.318. The number of piperazine rings is 1. The summed E-state index contributed by atoms with van der Waals surface area (Å²) in [5.74, 6) is 2.66. The molecule has 0 radical (unpaired) electrons. The molecule has 32 heavy (non-hydrogen) atoms. The lowest BCUT2D eigenvalue weighted by molar-refractivity contribution is 0.331. The summed E-state index contributed by atoms with van der Waals surface area (Å²) in [4.78, 5) is 6.29. The third-order valence-corrected chi connectivity index (χ3v) is 6.97. The Morgan fingerprint density at radius 3 is 2.44 bits per heavy atom. The summed E-state index contributed by atoms with van der Waals surface area (Å²) >= 11 is 0. The zero-order valence-electron chi connectivity index (χ0n) is 17.9. The highest BCUT2D eigenvalue weighted by molar-refractivity contribution is 7.89. The van der Waals surface area contributed by atoms with Crippen molar-refractivity contribution in [2.24, 2.45) is 0 Å². The van der Waals surface area contributed by atoms with Gasteiger partial charge in [-0.15, -0.1) is 10.2 Å². The Kier molecular flexibility index (Phi) is 6.81. The first-order chi connectivity index (χ1) is 15.5. The van der Waals surface area contributed by atoms with Gasteiger partial charge in [-0.1, -0.05) is 18.2 Å². The maximum atomic E-state index is 12.6. The lowest BCUT2D eigenvalue weighted by atomic mass is 10.3. The number of aryl methyl sites for hydroxylation is 1. The van der Waals surface area contributed by atoms with E-state index in [0.29, 0.717) is 43.6 Å². The molecule has 0 bridgehead atoms. The molecule has 0 amide bonds. The van der Waals surface area contributed by atoms with Gasteiger partial charge < -0.3 is 15.0 Å². The van der Waals surface area contributed by atoms with E-state index < -0.39 is 10.0 Å². The Labute approximate surface area is 188 Å². The molecule has 0 unspecified atom stereocenters. The minimum Gasteiger partial charge on any atom is -0.492 e. The summed E-state index contributed by atoms with van der Waals surface area (Å²) < 4.78 is 32.3. The van der Waals surface area contributed by atoms with E-state index in [1.807, 2.05) is 66.4 Å². The maximum absolute atomic E-state index is 12.6. The van der Waals surface area contributed by atoms with Gasteiger partial charge in [-0.25, -0.2) is 13.4 Å². The number of nitrogens with one attached hydrogen (secondary N) is 1. The van der Waals surface area contributed by atoms with Crippen LogP contribution < -0.4 is 15.0 Å². The molecular weight excluding hydrogens is 428 g/mol. The molecular formula is C22H26N6O3S. The highest BCUT2D eigenvalue weighted by Crippen LogP contribution is 2.18. The van der Waals surface area contributed by atoms with Crippen molar-refractivity contribution < 1.29 is 13.2 Å². The number of benzene rings is 1. The van der Waals surface area contributed by atoms with Crippen LogP contribution in [0.3, 0.4) is 0 Å². The van der Waals surface area contributed by atoms with Gasteiger partial charge in [0, 0.05) is 32.4 Å². The van der Waals surface area contributed by atoms with Crippen molar-refractivity contribution in [1.29, 1.82) is 0 Å². The van der Waals surface area contributed by atoms with Crippen LogP contribution in [-0.2, 0) is 10.0 Å². The molecule has 0 spiro atoms. The van der Waals surface area contributed by atoms with Crippen LogP contribution in [0, 0.1) is 6.92 Å². The van der Waals surface area contributed by atoms with E-state index in [-0.39, 0.29) is 12.4 Å². The summed E-state index contributed by atoms with van der Waals surface area (Å²) in [7, 11) is -3.38. The molecule has 1 N–H and O–H groups in total. The highest BCUT2D eigenvalue weighted by Gasteiger charge is 2.27. The van der Waals surface area contributed by atoms with E-state index >= 15 is 0 Å². The molecule has 3 aromatic rings. The Hall–Kier alpha value is -3.24.